The van der Waals surface area contributed by atoms with E-state index in [-0.39, 0.29) is 15.1 Å². The van der Waals surface area contributed by atoms with Gasteiger partial charge in [0.1, 0.15) is 10.7 Å². The van der Waals surface area contributed by atoms with Gasteiger partial charge in [-0.2, -0.15) is 0 Å². The van der Waals surface area contributed by atoms with Gasteiger partial charge in [0.2, 0.25) is 0 Å². The molecule has 1 aromatic heterocycles. The number of hydrogen-bond donors (Lipinski definition) is 1. The predicted octanol–water partition coefficient (Wildman–Crippen LogP) is 3.55. The van der Waals surface area contributed by atoms with Gasteiger partial charge in [0, 0.05) is 16.9 Å². The van der Waals surface area contributed by atoms with Crippen molar-refractivity contribution in [2.45, 2.75) is 4.90 Å². The quantitative estimate of drug-likeness (QED) is 0.843. The van der Waals surface area contributed by atoms with Gasteiger partial charge in [-0.1, -0.05) is 0 Å². The fourth-order valence-corrected chi connectivity index (χ4v) is 3.11. The number of anilines is 1. The van der Waals surface area contributed by atoms with Crippen LogP contribution in [0.5, 0.6) is 0 Å². The van der Waals surface area contributed by atoms with Crippen molar-refractivity contribution in [1.29, 1.82) is 0 Å². The molecule has 1 N–H and O–H groups in total. The molecule has 2 aromatic rings. The standard InChI is InChI=1S/C11H7Br2FN2O2S/c12-7-3-9(6-15-5-7)19(17,18)16-8-1-2-10(13)11(14)4-8/h1-6,16H. The first-order valence-corrected chi connectivity index (χ1v) is 8.04. The van der Waals surface area contributed by atoms with Crippen molar-refractivity contribution in [3.63, 3.8) is 0 Å². The molecule has 0 aliphatic carbocycles. The summed E-state index contributed by atoms with van der Waals surface area (Å²) in [5, 5.41) is 0. The van der Waals surface area contributed by atoms with Gasteiger partial charge in [0.15, 0.2) is 0 Å². The van der Waals surface area contributed by atoms with Gasteiger partial charge in [-0.3, -0.25) is 9.71 Å². The summed E-state index contributed by atoms with van der Waals surface area (Å²) in [5.74, 6) is -0.549. The Balaban J connectivity index is 2.33. The Morgan fingerprint density at radius 2 is 1.89 bits per heavy atom. The highest BCUT2D eigenvalue weighted by molar-refractivity contribution is 9.10. The van der Waals surface area contributed by atoms with E-state index in [1.807, 2.05) is 0 Å². The summed E-state index contributed by atoms with van der Waals surface area (Å²) in [6, 6.07) is 5.38. The summed E-state index contributed by atoms with van der Waals surface area (Å²) >= 11 is 6.14. The summed E-state index contributed by atoms with van der Waals surface area (Å²) in [7, 11) is -3.79. The van der Waals surface area contributed by atoms with Crippen molar-refractivity contribution in [3.8, 4) is 0 Å². The first-order valence-electron chi connectivity index (χ1n) is 4.97. The third-order valence-corrected chi connectivity index (χ3v) is 4.59. The van der Waals surface area contributed by atoms with Gasteiger partial charge in [0.05, 0.1) is 10.2 Å². The van der Waals surface area contributed by atoms with Gasteiger partial charge in [-0.15, -0.1) is 0 Å². The zero-order chi connectivity index (χ0) is 14.0. The van der Waals surface area contributed by atoms with Crippen molar-refractivity contribution < 1.29 is 12.8 Å². The second-order valence-electron chi connectivity index (χ2n) is 3.57. The average molecular weight is 410 g/mol. The van der Waals surface area contributed by atoms with Crippen LogP contribution in [0.4, 0.5) is 10.1 Å². The minimum atomic E-state index is -3.79. The molecule has 4 nitrogen and oxygen atoms in total. The van der Waals surface area contributed by atoms with Crippen LogP contribution in [-0.4, -0.2) is 13.4 Å². The molecule has 19 heavy (non-hydrogen) atoms. The molecule has 0 fully saturated rings. The summed E-state index contributed by atoms with van der Waals surface area (Å²) in [6.45, 7) is 0. The molecule has 1 heterocycles. The number of nitrogens with zero attached hydrogens (tertiary/aromatic N) is 1. The van der Waals surface area contributed by atoms with Gasteiger partial charge >= 0.3 is 0 Å². The molecule has 0 atom stereocenters. The van der Waals surface area contributed by atoms with E-state index in [9.17, 15) is 12.8 Å². The summed E-state index contributed by atoms with van der Waals surface area (Å²) < 4.78 is 40.5. The fourth-order valence-electron chi connectivity index (χ4n) is 1.31. The van der Waals surface area contributed by atoms with Gasteiger partial charge in [-0.25, -0.2) is 12.8 Å². The molecule has 0 unspecified atom stereocenters. The Morgan fingerprint density at radius 1 is 1.16 bits per heavy atom. The van der Waals surface area contributed by atoms with E-state index in [0.717, 1.165) is 6.07 Å². The maximum Gasteiger partial charge on any atom is 0.263 e. The van der Waals surface area contributed by atoms with E-state index in [4.69, 9.17) is 0 Å². The molecule has 0 aliphatic rings. The highest BCUT2D eigenvalue weighted by Crippen LogP contribution is 2.22. The van der Waals surface area contributed by atoms with E-state index in [2.05, 4.69) is 41.6 Å². The van der Waals surface area contributed by atoms with Crippen LogP contribution in [0.1, 0.15) is 0 Å². The summed E-state index contributed by atoms with van der Waals surface area (Å²) in [4.78, 5) is 3.77. The molecule has 1 aromatic carbocycles. The van der Waals surface area contributed by atoms with E-state index in [0.29, 0.717) is 4.47 Å². The molecule has 0 bridgehead atoms. The van der Waals surface area contributed by atoms with Crippen LogP contribution >= 0.6 is 31.9 Å². The first kappa shape index (κ1) is 14.4. The molecular weight excluding hydrogens is 403 g/mol. The molecule has 0 aliphatic heterocycles. The fraction of sp³-hybridized carbons (Fsp3) is 0. The van der Waals surface area contributed by atoms with Crippen LogP contribution in [0.2, 0.25) is 0 Å². The minimum absolute atomic E-state index is 0.00907. The Hall–Kier alpha value is -0.990. The van der Waals surface area contributed by atoms with E-state index >= 15 is 0 Å². The second-order valence-corrected chi connectivity index (χ2v) is 7.03. The number of aromatic nitrogens is 1. The Kier molecular flexibility index (Phi) is 4.22. The number of pyridine rings is 1. The van der Waals surface area contributed by atoms with Crippen LogP contribution in [-0.2, 0) is 10.0 Å². The van der Waals surface area contributed by atoms with Crippen LogP contribution in [0.25, 0.3) is 0 Å². The lowest BCUT2D eigenvalue weighted by molar-refractivity contribution is 0.600. The Morgan fingerprint density at radius 3 is 2.53 bits per heavy atom. The molecule has 100 valence electrons. The van der Waals surface area contributed by atoms with Crippen LogP contribution in [0.3, 0.4) is 0 Å². The normalized spacial score (nSPS) is 11.3. The lowest BCUT2D eigenvalue weighted by Crippen LogP contribution is -2.13. The topological polar surface area (TPSA) is 59.1 Å². The van der Waals surface area contributed by atoms with Crippen LogP contribution in [0.15, 0.2) is 50.5 Å². The zero-order valence-corrected chi connectivity index (χ0v) is 13.3. The Bertz CT molecular complexity index is 722. The van der Waals surface area contributed by atoms with E-state index < -0.39 is 15.8 Å². The highest BCUT2D eigenvalue weighted by atomic mass is 79.9. The number of nitrogens with one attached hydrogen (secondary N) is 1. The van der Waals surface area contributed by atoms with Crippen molar-refractivity contribution in [1.82, 2.24) is 4.98 Å². The molecule has 0 radical (unpaired) electrons. The van der Waals surface area contributed by atoms with E-state index in [1.54, 1.807) is 0 Å². The minimum Gasteiger partial charge on any atom is -0.279 e. The molecule has 0 spiro atoms. The molecule has 0 saturated heterocycles. The number of rotatable bonds is 3. The predicted molar refractivity (Wildman–Crippen MR) is 76.8 cm³/mol. The van der Waals surface area contributed by atoms with E-state index in [1.165, 1.54) is 30.6 Å². The van der Waals surface area contributed by atoms with Crippen molar-refractivity contribution in [2.24, 2.45) is 0 Å². The molecule has 2 rings (SSSR count). The lowest BCUT2D eigenvalue weighted by atomic mass is 10.3. The van der Waals surface area contributed by atoms with Gasteiger partial charge < -0.3 is 0 Å². The third-order valence-electron chi connectivity index (χ3n) is 2.16. The maximum absolute atomic E-state index is 13.3. The zero-order valence-electron chi connectivity index (χ0n) is 9.27. The smallest absolute Gasteiger partial charge is 0.263 e. The summed E-state index contributed by atoms with van der Waals surface area (Å²) in [6.07, 6.45) is 2.68. The molecule has 8 heteroatoms. The van der Waals surface area contributed by atoms with Gasteiger partial charge in [0.25, 0.3) is 10.0 Å². The van der Waals surface area contributed by atoms with Crippen LogP contribution in [0, 0.1) is 5.82 Å². The van der Waals surface area contributed by atoms with Crippen molar-refractivity contribution in [3.05, 3.63) is 51.4 Å². The molecule has 0 saturated carbocycles. The second kappa shape index (κ2) is 5.56. The van der Waals surface area contributed by atoms with Crippen LogP contribution < -0.4 is 4.72 Å². The highest BCUT2D eigenvalue weighted by Gasteiger charge is 2.15. The third kappa shape index (κ3) is 3.52. The number of hydrogen-bond acceptors (Lipinski definition) is 3. The number of sulfonamides is 1. The number of halogens is 3. The van der Waals surface area contributed by atoms with Crippen molar-refractivity contribution in [2.75, 3.05) is 4.72 Å². The molecule has 0 amide bonds. The largest absolute Gasteiger partial charge is 0.279 e. The summed E-state index contributed by atoms with van der Waals surface area (Å²) in [5.41, 5.74) is 0.140. The monoisotopic (exact) mass is 408 g/mol. The lowest BCUT2D eigenvalue weighted by Gasteiger charge is -2.08. The Labute approximate surface area is 126 Å². The first-order chi connectivity index (χ1) is 8.88. The van der Waals surface area contributed by atoms with Gasteiger partial charge in [-0.05, 0) is 56.1 Å². The SMILES string of the molecule is O=S(=O)(Nc1ccc(Br)c(F)c1)c1cncc(Br)c1. The molecular formula is C11H7Br2FN2O2S. The van der Waals surface area contributed by atoms with Crippen molar-refractivity contribution >= 4 is 47.6 Å². The number of benzene rings is 1. The average Bonchev–Trinajstić information content (AvgIpc) is 2.33. The maximum atomic E-state index is 13.3.